The van der Waals surface area contributed by atoms with Gasteiger partial charge in [-0.15, -0.1) is 0 Å². The number of hydrogen-bond donors (Lipinski definition) is 0. The van der Waals surface area contributed by atoms with Gasteiger partial charge in [-0.2, -0.15) is 0 Å². The highest BCUT2D eigenvalue weighted by Gasteiger charge is 2.40. The van der Waals surface area contributed by atoms with Crippen LogP contribution in [0.25, 0.3) is 0 Å². The van der Waals surface area contributed by atoms with Gasteiger partial charge in [0, 0.05) is 17.7 Å². The molecule has 0 heterocycles. The van der Waals surface area contributed by atoms with Crippen LogP contribution in [0.2, 0.25) is 0 Å². The molecule has 0 aromatic carbocycles. The quantitative estimate of drug-likeness (QED) is 0.581. The van der Waals surface area contributed by atoms with E-state index in [0.717, 1.165) is 19.1 Å². The Kier molecular flexibility index (Phi) is 4.37. The van der Waals surface area contributed by atoms with Crippen molar-refractivity contribution in [3.05, 3.63) is 22.1 Å². The van der Waals surface area contributed by atoms with Crippen molar-refractivity contribution in [2.24, 2.45) is 11.8 Å². The van der Waals surface area contributed by atoms with Crippen molar-refractivity contribution in [2.75, 3.05) is 6.26 Å². The van der Waals surface area contributed by atoms with E-state index in [0.29, 0.717) is 16.9 Å². The first-order valence-electron chi connectivity index (χ1n) is 6.33. The second-order valence-electron chi connectivity index (χ2n) is 5.11. The van der Waals surface area contributed by atoms with Crippen LogP contribution in [0.3, 0.4) is 0 Å². The van der Waals surface area contributed by atoms with Crippen molar-refractivity contribution < 1.29 is 17.4 Å². The molecule has 20 heavy (non-hydrogen) atoms. The predicted molar refractivity (Wildman–Crippen MR) is 80.5 cm³/mol. The van der Waals surface area contributed by atoms with Crippen molar-refractivity contribution in [3.8, 4) is 0 Å². The van der Waals surface area contributed by atoms with Gasteiger partial charge in [0.1, 0.15) is 0 Å². The van der Waals surface area contributed by atoms with Gasteiger partial charge in [-0.3, -0.25) is 4.79 Å². The fourth-order valence-electron chi connectivity index (χ4n) is 2.55. The minimum atomic E-state index is -3.50. The van der Waals surface area contributed by atoms with Crippen molar-refractivity contribution in [1.29, 1.82) is 0 Å². The van der Waals surface area contributed by atoms with Crippen molar-refractivity contribution in [2.45, 2.75) is 26.2 Å². The van der Waals surface area contributed by atoms with Crippen molar-refractivity contribution >= 4 is 42.8 Å². The third kappa shape index (κ3) is 2.82. The summed E-state index contributed by atoms with van der Waals surface area (Å²) in [6.07, 6.45) is 4.77. The first-order valence-corrected chi connectivity index (χ1v) is 9.35. The highest BCUT2D eigenvalue weighted by molar-refractivity contribution is 7.94. The molecule has 2 aliphatic rings. The molecule has 1 saturated carbocycles. The van der Waals surface area contributed by atoms with Gasteiger partial charge < -0.3 is 0 Å². The van der Waals surface area contributed by atoms with E-state index in [9.17, 15) is 17.4 Å². The van der Waals surface area contributed by atoms with Crippen LogP contribution >= 0.6 is 11.6 Å². The Morgan fingerprint density at radius 1 is 1.45 bits per heavy atom. The summed E-state index contributed by atoms with van der Waals surface area (Å²) in [5.74, 6) is -0.267. The highest BCUT2D eigenvalue weighted by atomic mass is 35.5. The Labute approximate surface area is 126 Å². The fraction of sp³-hybridized carbons (Fsp3) is 0.538. The van der Waals surface area contributed by atoms with E-state index in [-0.39, 0.29) is 33.6 Å². The Hall–Kier alpha value is -0.720. The van der Waals surface area contributed by atoms with Crippen molar-refractivity contribution in [3.63, 3.8) is 0 Å². The maximum atomic E-state index is 12.0. The van der Waals surface area contributed by atoms with E-state index in [1.807, 2.05) is 6.92 Å². The van der Waals surface area contributed by atoms with Crippen LogP contribution < -0.4 is 0 Å². The Balaban J connectivity index is 2.76. The number of sulfone groups is 1. The van der Waals surface area contributed by atoms with Crippen LogP contribution in [0.1, 0.15) is 26.2 Å². The summed E-state index contributed by atoms with van der Waals surface area (Å²) in [6.45, 7) is 1.85. The zero-order valence-electron chi connectivity index (χ0n) is 11.2. The van der Waals surface area contributed by atoms with Gasteiger partial charge in [-0.1, -0.05) is 6.92 Å². The molecule has 0 bridgehead atoms. The van der Waals surface area contributed by atoms with Gasteiger partial charge in [0.2, 0.25) is 5.24 Å². The van der Waals surface area contributed by atoms with Gasteiger partial charge in [0.25, 0.3) is 0 Å². The van der Waals surface area contributed by atoms with Crippen LogP contribution in [-0.2, 0) is 25.9 Å². The van der Waals surface area contributed by atoms with Crippen LogP contribution in [-0.4, -0.2) is 29.0 Å². The molecule has 0 spiro atoms. The van der Waals surface area contributed by atoms with Crippen molar-refractivity contribution in [1.82, 2.24) is 0 Å². The lowest BCUT2D eigenvalue weighted by atomic mass is 9.83. The molecule has 0 aromatic heterocycles. The molecule has 0 aromatic rings. The number of rotatable bonds is 4. The molecule has 1 fully saturated rings. The maximum Gasteiger partial charge on any atom is 0.249 e. The first-order chi connectivity index (χ1) is 9.31. The van der Waals surface area contributed by atoms with Crippen LogP contribution in [0.15, 0.2) is 22.1 Å². The minimum absolute atomic E-state index is 0.0899. The molecule has 0 saturated heterocycles. The maximum absolute atomic E-state index is 12.0. The lowest BCUT2D eigenvalue weighted by Crippen LogP contribution is -2.28. The zero-order valence-corrected chi connectivity index (χ0v) is 13.6. The van der Waals surface area contributed by atoms with E-state index >= 15 is 0 Å². The zero-order chi connectivity index (χ0) is 15.1. The average Bonchev–Trinajstić information content (AvgIpc) is 3.18. The minimum Gasteiger partial charge on any atom is -0.276 e. The summed E-state index contributed by atoms with van der Waals surface area (Å²) >= 11 is 5.85. The highest BCUT2D eigenvalue weighted by Crippen LogP contribution is 2.45. The topological polar surface area (TPSA) is 68.3 Å². The molecule has 1 atom stereocenters. The lowest BCUT2D eigenvalue weighted by molar-refractivity contribution is -0.108. The third-order valence-electron chi connectivity index (χ3n) is 3.62. The molecule has 110 valence electrons. The predicted octanol–water partition coefficient (Wildman–Crippen LogP) is 1.81. The average molecular weight is 335 g/mol. The van der Waals surface area contributed by atoms with E-state index in [1.54, 1.807) is 0 Å². The molecular weight excluding hydrogens is 320 g/mol. The third-order valence-corrected chi connectivity index (χ3v) is 5.66. The molecule has 0 aliphatic heterocycles. The van der Waals surface area contributed by atoms with E-state index in [2.05, 4.69) is 0 Å². The van der Waals surface area contributed by atoms with Gasteiger partial charge in [0.15, 0.2) is 9.84 Å². The number of carbonyl (C=O) groups excluding carboxylic acids is 1. The summed E-state index contributed by atoms with van der Waals surface area (Å²) in [5, 5.41) is -0.695. The number of carbonyl (C=O) groups is 1. The number of hydrogen-bond acceptors (Lipinski definition) is 4. The van der Waals surface area contributed by atoms with Gasteiger partial charge in [-0.05, 0) is 48.4 Å². The molecule has 0 radical (unpaired) electrons. The first kappa shape index (κ1) is 15.7. The summed E-state index contributed by atoms with van der Waals surface area (Å²) in [4.78, 5) is 12.1. The van der Waals surface area contributed by atoms with Crippen LogP contribution in [0.4, 0.5) is 0 Å². The monoisotopic (exact) mass is 334 g/mol. The SMILES string of the molecule is CCC1C(C(=O)Cl)=CC(S(C)(=O)=O)=C(C2CC2)C1=S=O. The molecule has 2 rings (SSSR count). The normalized spacial score (nSPS) is 23.6. The van der Waals surface area contributed by atoms with E-state index in [4.69, 9.17) is 11.6 Å². The summed E-state index contributed by atoms with van der Waals surface area (Å²) in [6, 6.07) is 0. The fourth-order valence-corrected chi connectivity index (χ4v) is 4.60. The largest absolute Gasteiger partial charge is 0.276 e. The molecule has 0 amide bonds. The lowest BCUT2D eigenvalue weighted by Gasteiger charge is -2.26. The summed E-state index contributed by atoms with van der Waals surface area (Å²) in [7, 11) is -3.50. The van der Waals surface area contributed by atoms with Gasteiger partial charge in [-0.25, -0.2) is 12.6 Å². The van der Waals surface area contributed by atoms with Gasteiger partial charge >= 0.3 is 0 Å². The second kappa shape index (κ2) is 5.58. The van der Waals surface area contributed by atoms with Gasteiger partial charge in [0.05, 0.1) is 21.0 Å². The van der Waals surface area contributed by atoms with E-state index in [1.165, 1.54) is 6.08 Å². The molecule has 7 heteroatoms. The Morgan fingerprint density at radius 2 is 2.05 bits per heavy atom. The molecular formula is C13H15ClO4S2. The Bertz CT molecular complexity index is 677. The van der Waals surface area contributed by atoms with Crippen LogP contribution in [0, 0.1) is 11.8 Å². The summed E-state index contributed by atoms with van der Waals surface area (Å²) < 4.78 is 35.5. The van der Waals surface area contributed by atoms with Crippen LogP contribution in [0.5, 0.6) is 0 Å². The molecule has 0 N–H and O–H groups in total. The van der Waals surface area contributed by atoms with E-state index < -0.39 is 15.1 Å². The summed E-state index contributed by atoms with van der Waals surface area (Å²) in [5.41, 5.74) is 0.818. The number of allylic oxidation sites excluding steroid dienone is 3. The standard InChI is InChI=1S/C13H15ClO4S2/c1-3-8-9(13(14)15)6-10(20(2,17)18)11(7-4-5-7)12(8)19-16/h6-8H,3-5H2,1-2H3. The second-order valence-corrected chi connectivity index (χ2v) is 8.04. The smallest absolute Gasteiger partial charge is 0.249 e. The molecule has 4 nitrogen and oxygen atoms in total. The molecule has 1 unspecified atom stereocenters. The molecule has 2 aliphatic carbocycles. The Morgan fingerprint density at radius 3 is 2.40 bits per heavy atom. The number of halogens is 1.